The number of amides is 1. The minimum Gasteiger partial charge on any atom is -0.493 e. The Morgan fingerprint density at radius 1 is 1.04 bits per heavy atom. The molecule has 0 N–H and O–H groups in total. The van der Waals surface area contributed by atoms with E-state index in [1.165, 1.54) is 0 Å². The van der Waals surface area contributed by atoms with Gasteiger partial charge in [0, 0.05) is 49.2 Å². The van der Waals surface area contributed by atoms with Gasteiger partial charge in [0.2, 0.25) is 11.7 Å². The summed E-state index contributed by atoms with van der Waals surface area (Å²) in [5, 5.41) is 2.01. The van der Waals surface area contributed by atoms with Gasteiger partial charge in [-0.3, -0.25) is 9.69 Å². The average Bonchev–Trinajstić information content (AvgIpc) is 3.25. The second-order valence-corrected chi connectivity index (χ2v) is 7.42. The third-order valence-electron chi connectivity index (χ3n) is 4.80. The van der Waals surface area contributed by atoms with Crippen LogP contribution in [0.1, 0.15) is 10.4 Å². The van der Waals surface area contributed by atoms with Crippen LogP contribution in [0.25, 0.3) is 6.08 Å². The molecule has 1 aromatic carbocycles. The Morgan fingerprint density at radius 2 is 1.79 bits per heavy atom. The van der Waals surface area contributed by atoms with Crippen LogP contribution in [0.2, 0.25) is 0 Å². The van der Waals surface area contributed by atoms with E-state index in [4.69, 9.17) is 14.2 Å². The van der Waals surface area contributed by atoms with Crippen molar-refractivity contribution in [2.75, 3.05) is 47.5 Å². The van der Waals surface area contributed by atoms with E-state index < -0.39 is 0 Å². The Morgan fingerprint density at radius 3 is 2.39 bits per heavy atom. The molecule has 7 heteroatoms. The number of carbonyl (C=O) groups excluding carboxylic acids is 1. The van der Waals surface area contributed by atoms with Crippen molar-refractivity contribution < 1.29 is 19.0 Å². The van der Waals surface area contributed by atoms with E-state index in [2.05, 4.69) is 4.90 Å². The van der Waals surface area contributed by atoms with Crippen molar-refractivity contribution >= 4 is 23.3 Å². The molecule has 1 fully saturated rings. The number of benzene rings is 1. The van der Waals surface area contributed by atoms with Gasteiger partial charge in [-0.1, -0.05) is 12.1 Å². The zero-order chi connectivity index (χ0) is 19.9. The molecular formula is C21H26N2O4S. The molecule has 2 heterocycles. The molecule has 0 aliphatic carbocycles. The fraction of sp³-hybridized carbons (Fsp3) is 0.381. The molecule has 0 radical (unpaired) electrons. The summed E-state index contributed by atoms with van der Waals surface area (Å²) in [5.74, 6) is 2.02. The summed E-state index contributed by atoms with van der Waals surface area (Å²) in [7, 11) is 4.86. The molecule has 1 aromatic heterocycles. The monoisotopic (exact) mass is 402 g/mol. The zero-order valence-corrected chi connectivity index (χ0v) is 17.3. The highest BCUT2D eigenvalue weighted by atomic mass is 32.1. The first-order chi connectivity index (χ1) is 13.7. The normalized spacial score (nSPS) is 15.0. The van der Waals surface area contributed by atoms with Gasteiger partial charge in [-0.15, -0.1) is 11.3 Å². The van der Waals surface area contributed by atoms with E-state index in [9.17, 15) is 4.79 Å². The Labute approximate surface area is 169 Å². The summed E-state index contributed by atoms with van der Waals surface area (Å²) >= 11 is 1.63. The predicted molar refractivity (Wildman–Crippen MR) is 111 cm³/mol. The molecule has 1 amide bonds. The standard InChI is InChI=1S/C21H26N2O4S/c1-25-18-8-6-16(20(26-2)21(18)27-3)15-22-10-12-23(13-11-22)19(24)9-7-17-5-4-14-28-17/h4-9,14H,10-13,15H2,1-3H3/b9-7+. The number of rotatable bonds is 7. The summed E-state index contributed by atoms with van der Waals surface area (Å²) < 4.78 is 16.4. The van der Waals surface area contributed by atoms with E-state index >= 15 is 0 Å². The highest BCUT2D eigenvalue weighted by Crippen LogP contribution is 2.40. The number of thiophene rings is 1. The summed E-state index contributed by atoms with van der Waals surface area (Å²) in [4.78, 5) is 17.7. The van der Waals surface area contributed by atoms with Gasteiger partial charge in [0.1, 0.15) is 0 Å². The van der Waals surface area contributed by atoms with Crippen LogP contribution in [0.3, 0.4) is 0 Å². The molecular weight excluding hydrogens is 376 g/mol. The average molecular weight is 403 g/mol. The van der Waals surface area contributed by atoms with E-state index in [1.54, 1.807) is 38.7 Å². The second kappa shape index (κ2) is 9.61. The number of methoxy groups -OCH3 is 3. The van der Waals surface area contributed by atoms with E-state index in [-0.39, 0.29) is 5.91 Å². The molecule has 6 nitrogen and oxygen atoms in total. The highest BCUT2D eigenvalue weighted by molar-refractivity contribution is 7.10. The Hall–Kier alpha value is -2.51. The van der Waals surface area contributed by atoms with Crippen LogP contribution in [-0.4, -0.2) is 63.2 Å². The number of carbonyl (C=O) groups is 1. The molecule has 0 saturated carbocycles. The lowest BCUT2D eigenvalue weighted by Crippen LogP contribution is -2.47. The van der Waals surface area contributed by atoms with Gasteiger partial charge in [-0.05, 0) is 23.6 Å². The van der Waals surface area contributed by atoms with Crippen molar-refractivity contribution in [2.24, 2.45) is 0 Å². The van der Waals surface area contributed by atoms with Gasteiger partial charge in [0.15, 0.2) is 11.5 Å². The second-order valence-electron chi connectivity index (χ2n) is 6.44. The topological polar surface area (TPSA) is 51.2 Å². The van der Waals surface area contributed by atoms with E-state index in [1.807, 2.05) is 40.6 Å². The first kappa shape index (κ1) is 20.2. The highest BCUT2D eigenvalue weighted by Gasteiger charge is 2.22. The van der Waals surface area contributed by atoms with Crippen molar-refractivity contribution in [3.8, 4) is 17.2 Å². The maximum Gasteiger partial charge on any atom is 0.246 e. The fourth-order valence-electron chi connectivity index (χ4n) is 3.30. The number of hydrogen-bond acceptors (Lipinski definition) is 6. The van der Waals surface area contributed by atoms with Gasteiger partial charge in [0.25, 0.3) is 0 Å². The zero-order valence-electron chi connectivity index (χ0n) is 16.5. The number of piperazine rings is 1. The quantitative estimate of drug-likeness (QED) is 0.666. The van der Waals surface area contributed by atoms with Crippen LogP contribution in [0, 0.1) is 0 Å². The number of hydrogen-bond donors (Lipinski definition) is 0. The third kappa shape index (κ3) is 4.66. The summed E-state index contributed by atoms with van der Waals surface area (Å²) in [5.41, 5.74) is 1.04. The summed E-state index contributed by atoms with van der Waals surface area (Å²) in [6.45, 7) is 3.79. The van der Waals surface area contributed by atoms with Crippen molar-refractivity contribution in [2.45, 2.75) is 6.54 Å². The Balaban J connectivity index is 1.59. The van der Waals surface area contributed by atoms with Crippen molar-refractivity contribution in [1.82, 2.24) is 9.80 Å². The first-order valence-electron chi connectivity index (χ1n) is 9.17. The third-order valence-corrected chi connectivity index (χ3v) is 5.63. The fourth-order valence-corrected chi connectivity index (χ4v) is 3.92. The molecule has 3 rings (SSSR count). The van der Waals surface area contributed by atoms with Gasteiger partial charge in [-0.25, -0.2) is 0 Å². The summed E-state index contributed by atoms with van der Waals surface area (Å²) in [6, 6.07) is 7.88. The van der Waals surface area contributed by atoms with Crippen LogP contribution in [0.4, 0.5) is 0 Å². The number of ether oxygens (including phenoxy) is 3. The minimum atomic E-state index is 0.0664. The largest absolute Gasteiger partial charge is 0.493 e. The molecule has 1 aliphatic heterocycles. The van der Waals surface area contributed by atoms with Crippen molar-refractivity contribution in [3.63, 3.8) is 0 Å². The SMILES string of the molecule is COc1ccc(CN2CCN(C(=O)/C=C/c3cccs3)CC2)c(OC)c1OC. The Bertz CT molecular complexity index is 812. The minimum absolute atomic E-state index is 0.0664. The van der Waals surface area contributed by atoms with Crippen LogP contribution in [0.5, 0.6) is 17.2 Å². The molecule has 1 aliphatic rings. The van der Waals surface area contributed by atoms with Crippen LogP contribution in [0.15, 0.2) is 35.7 Å². The molecule has 28 heavy (non-hydrogen) atoms. The van der Waals surface area contributed by atoms with Crippen molar-refractivity contribution in [3.05, 3.63) is 46.2 Å². The van der Waals surface area contributed by atoms with Crippen LogP contribution in [-0.2, 0) is 11.3 Å². The van der Waals surface area contributed by atoms with Gasteiger partial charge in [-0.2, -0.15) is 0 Å². The molecule has 150 valence electrons. The van der Waals surface area contributed by atoms with Crippen molar-refractivity contribution in [1.29, 1.82) is 0 Å². The Kier molecular flexibility index (Phi) is 6.95. The maximum atomic E-state index is 12.4. The number of nitrogens with zero attached hydrogens (tertiary/aromatic N) is 2. The predicted octanol–water partition coefficient (Wildman–Crippen LogP) is 3.13. The first-order valence-corrected chi connectivity index (χ1v) is 10.0. The lowest BCUT2D eigenvalue weighted by atomic mass is 10.1. The lowest BCUT2D eigenvalue weighted by Gasteiger charge is -2.34. The van der Waals surface area contributed by atoms with Gasteiger partial charge in [0.05, 0.1) is 21.3 Å². The van der Waals surface area contributed by atoms with Gasteiger partial charge >= 0.3 is 0 Å². The molecule has 0 atom stereocenters. The summed E-state index contributed by atoms with van der Waals surface area (Å²) in [6.07, 6.45) is 3.55. The van der Waals surface area contributed by atoms with Gasteiger partial charge < -0.3 is 19.1 Å². The van der Waals surface area contributed by atoms with Crippen LogP contribution < -0.4 is 14.2 Å². The van der Waals surface area contributed by atoms with Crippen LogP contribution >= 0.6 is 11.3 Å². The molecule has 0 spiro atoms. The molecule has 0 unspecified atom stereocenters. The van der Waals surface area contributed by atoms with E-state index in [0.29, 0.717) is 30.3 Å². The lowest BCUT2D eigenvalue weighted by molar-refractivity contribution is -0.127. The molecule has 1 saturated heterocycles. The smallest absolute Gasteiger partial charge is 0.246 e. The molecule has 0 bridgehead atoms. The maximum absolute atomic E-state index is 12.4. The van der Waals surface area contributed by atoms with E-state index in [0.717, 1.165) is 30.1 Å². The molecule has 2 aromatic rings.